The lowest BCUT2D eigenvalue weighted by Crippen LogP contribution is -2.52. The minimum absolute atomic E-state index is 0.181. The van der Waals surface area contributed by atoms with E-state index in [2.05, 4.69) is 15.0 Å². The first-order valence-electron chi connectivity index (χ1n) is 8.90. The Kier molecular flexibility index (Phi) is 6.49. The number of piperazine rings is 1. The van der Waals surface area contributed by atoms with Crippen LogP contribution >= 0.6 is 0 Å². The molecule has 1 aliphatic rings. The van der Waals surface area contributed by atoms with E-state index in [4.69, 9.17) is 14.0 Å². The van der Waals surface area contributed by atoms with Crippen LogP contribution < -0.4 is 9.47 Å². The van der Waals surface area contributed by atoms with Crippen LogP contribution in [0.1, 0.15) is 17.7 Å². The van der Waals surface area contributed by atoms with Gasteiger partial charge in [0.25, 0.3) is 0 Å². The van der Waals surface area contributed by atoms with Gasteiger partial charge in [-0.15, -0.1) is 0 Å². The Morgan fingerprint density at radius 2 is 1.92 bits per heavy atom. The van der Waals surface area contributed by atoms with E-state index in [0.717, 1.165) is 61.9 Å². The van der Waals surface area contributed by atoms with Gasteiger partial charge in [0.15, 0.2) is 0 Å². The second kappa shape index (κ2) is 9.02. The minimum atomic E-state index is 0.181. The summed E-state index contributed by atoms with van der Waals surface area (Å²) in [7, 11) is 3.32. The minimum Gasteiger partial charge on any atom is -0.497 e. The van der Waals surface area contributed by atoms with Gasteiger partial charge in [0.1, 0.15) is 17.8 Å². The fraction of sp³-hybridized carbons (Fsp3) is 0.526. The Labute approximate surface area is 154 Å². The maximum atomic E-state index is 9.50. The second-order valence-corrected chi connectivity index (χ2v) is 6.58. The number of aliphatic hydroxyl groups excluding tert-OH is 1. The van der Waals surface area contributed by atoms with Crippen molar-refractivity contribution in [1.82, 2.24) is 15.0 Å². The standard InChI is InChI=1S/C19H27N3O4/c1-24-18-9-15(10-19(11-18)25-2)12-22-6-5-21(14-17(22)3-7-23)13-16-4-8-26-20-16/h4,8-11,17,23H,3,5-7,12-14H2,1-2H3/t17-/m1/s1. The molecule has 0 bridgehead atoms. The zero-order valence-electron chi connectivity index (χ0n) is 15.4. The molecule has 7 heteroatoms. The zero-order valence-corrected chi connectivity index (χ0v) is 15.4. The van der Waals surface area contributed by atoms with E-state index in [1.54, 1.807) is 20.5 Å². The molecule has 0 radical (unpaired) electrons. The number of benzene rings is 1. The van der Waals surface area contributed by atoms with Gasteiger partial charge < -0.3 is 19.1 Å². The Morgan fingerprint density at radius 3 is 2.54 bits per heavy atom. The van der Waals surface area contributed by atoms with Crippen LogP contribution in [-0.4, -0.2) is 66.6 Å². The van der Waals surface area contributed by atoms with Gasteiger partial charge >= 0.3 is 0 Å². The predicted octanol–water partition coefficient (Wildman–Crippen LogP) is 1.76. The number of aliphatic hydroxyl groups is 1. The number of hydrogen-bond donors (Lipinski definition) is 1. The lowest BCUT2D eigenvalue weighted by molar-refractivity contribution is 0.0489. The molecular formula is C19H27N3O4. The highest BCUT2D eigenvalue weighted by Gasteiger charge is 2.27. The van der Waals surface area contributed by atoms with Crippen LogP contribution in [-0.2, 0) is 13.1 Å². The van der Waals surface area contributed by atoms with Gasteiger partial charge in [-0.05, 0) is 24.1 Å². The van der Waals surface area contributed by atoms with Crippen molar-refractivity contribution in [2.24, 2.45) is 0 Å². The molecule has 1 aromatic carbocycles. The molecule has 1 fully saturated rings. The number of ether oxygens (including phenoxy) is 2. The Bertz CT molecular complexity index is 655. The third-order valence-electron chi connectivity index (χ3n) is 4.82. The van der Waals surface area contributed by atoms with Gasteiger partial charge in [-0.3, -0.25) is 9.80 Å². The molecule has 2 aromatic rings. The van der Waals surface area contributed by atoms with E-state index < -0.39 is 0 Å². The topological polar surface area (TPSA) is 71.2 Å². The van der Waals surface area contributed by atoms with Gasteiger partial charge in [-0.1, -0.05) is 5.16 Å². The van der Waals surface area contributed by atoms with E-state index in [1.807, 2.05) is 24.3 Å². The summed E-state index contributed by atoms with van der Waals surface area (Å²) in [6.07, 6.45) is 2.35. The van der Waals surface area contributed by atoms with Crippen molar-refractivity contribution in [3.05, 3.63) is 41.8 Å². The monoisotopic (exact) mass is 361 g/mol. The molecule has 0 spiro atoms. The fourth-order valence-corrected chi connectivity index (χ4v) is 3.47. The summed E-state index contributed by atoms with van der Waals surface area (Å²) < 4.78 is 15.7. The Morgan fingerprint density at radius 1 is 1.15 bits per heavy atom. The zero-order chi connectivity index (χ0) is 18.4. The van der Waals surface area contributed by atoms with E-state index >= 15 is 0 Å². The van der Waals surface area contributed by atoms with Crippen LogP contribution in [0.2, 0.25) is 0 Å². The first-order valence-corrected chi connectivity index (χ1v) is 8.90. The van der Waals surface area contributed by atoms with Gasteiger partial charge in [-0.2, -0.15) is 0 Å². The highest BCUT2D eigenvalue weighted by molar-refractivity contribution is 5.38. The van der Waals surface area contributed by atoms with Crippen LogP contribution in [0.15, 0.2) is 35.1 Å². The number of rotatable bonds is 8. The third kappa shape index (κ3) is 4.75. The van der Waals surface area contributed by atoms with Gasteiger partial charge in [-0.25, -0.2) is 0 Å². The molecule has 26 heavy (non-hydrogen) atoms. The van der Waals surface area contributed by atoms with Gasteiger partial charge in [0.05, 0.1) is 19.9 Å². The molecule has 2 heterocycles. The maximum absolute atomic E-state index is 9.50. The summed E-state index contributed by atoms with van der Waals surface area (Å²) >= 11 is 0. The number of methoxy groups -OCH3 is 2. The van der Waals surface area contributed by atoms with Crippen molar-refractivity contribution in [3.63, 3.8) is 0 Å². The highest BCUT2D eigenvalue weighted by atomic mass is 16.5. The summed E-state index contributed by atoms with van der Waals surface area (Å²) in [5, 5.41) is 13.5. The lowest BCUT2D eigenvalue weighted by atomic mass is 10.1. The average Bonchev–Trinajstić information content (AvgIpc) is 3.16. The van der Waals surface area contributed by atoms with Crippen LogP contribution in [0.4, 0.5) is 0 Å². The van der Waals surface area contributed by atoms with Gasteiger partial charge in [0.2, 0.25) is 0 Å². The van der Waals surface area contributed by atoms with Crippen molar-refractivity contribution in [2.75, 3.05) is 40.5 Å². The molecular weight excluding hydrogens is 334 g/mol. The van der Waals surface area contributed by atoms with Crippen LogP contribution in [0.5, 0.6) is 11.5 Å². The molecule has 1 aliphatic heterocycles. The third-order valence-corrected chi connectivity index (χ3v) is 4.82. The van der Waals surface area contributed by atoms with Crippen LogP contribution in [0.3, 0.4) is 0 Å². The highest BCUT2D eigenvalue weighted by Crippen LogP contribution is 2.25. The van der Waals surface area contributed by atoms with Crippen LogP contribution in [0.25, 0.3) is 0 Å². The summed E-state index contributed by atoms with van der Waals surface area (Å²) in [4.78, 5) is 4.78. The molecule has 0 unspecified atom stereocenters. The van der Waals surface area contributed by atoms with E-state index in [-0.39, 0.29) is 12.6 Å². The molecule has 3 rings (SSSR count). The molecule has 0 saturated carbocycles. The summed E-state index contributed by atoms with van der Waals surface area (Å²) in [6.45, 7) is 4.54. The number of hydrogen-bond acceptors (Lipinski definition) is 7. The summed E-state index contributed by atoms with van der Waals surface area (Å²) in [6, 6.07) is 8.15. The average molecular weight is 361 g/mol. The number of aromatic nitrogens is 1. The smallest absolute Gasteiger partial charge is 0.124 e. The van der Waals surface area contributed by atoms with Crippen molar-refractivity contribution >= 4 is 0 Å². The number of nitrogens with zero attached hydrogens (tertiary/aromatic N) is 3. The molecule has 142 valence electrons. The predicted molar refractivity (Wildman–Crippen MR) is 97.2 cm³/mol. The SMILES string of the molecule is COc1cc(CN2CCN(Cc3ccon3)C[C@H]2CCO)cc(OC)c1. The van der Waals surface area contributed by atoms with Crippen molar-refractivity contribution < 1.29 is 19.1 Å². The van der Waals surface area contributed by atoms with Crippen molar-refractivity contribution in [3.8, 4) is 11.5 Å². The summed E-state index contributed by atoms with van der Waals surface area (Å²) in [5.74, 6) is 1.59. The second-order valence-electron chi connectivity index (χ2n) is 6.58. The quantitative estimate of drug-likeness (QED) is 0.768. The normalized spacial score (nSPS) is 18.8. The largest absolute Gasteiger partial charge is 0.497 e. The van der Waals surface area contributed by atoms with E-state index in [9.17, 15) is 5.11 Å². The van der Waals surface area contributed by atoms with E-state index in [1.165, 1.54) is 0 Å². The molecule has 1 aromatic heterocycles. The fourth-order valence-electron chi connectivity index (χ4n) is 3.47. The molecule has 0 aliphatic carbocycles. The lowest BCUT2D eigenvalue weighted by Gasteiger charge is -2.41. The molecule has 1 N–H and O–H groups in total. The summed E-state index contributed by atoms with van der Waals surface area (Å²) in [5.41, 5.74) is 2.09. The molecule has 7 nitrogen and oxygen atoms in total. The van der Waals surface area contributed by atoms with Crippen molar-refractivity contribution in [1.29, 1.82) is 0 Å². The molecule has 1 atom stereocenters. The van der Waals surface area contributed by atoms with Crippen molar-refractivity contribution in [2.45, 2.75) is 25.6 Å². The maximum Gasteiger partial charge on any atom is 0.124 e. The Hall–Kier alpha value is -2.09. The van der Waals surface area contributed by atoms with Crippen LogP contribution in [0, 0.1) is 0 Å². The van der Waals surface area contributed by atoms with E-state index in [0.29, 0.717) is 0 Å². The first kappa shape index (κ1) is 18.7. The van der Waals surface area contributed by atoms with Gasteiger partial charge in [0, 0.05) is 57.5 Å². The molecule has 0 amide bonds. The Balaban J connectivity index is 1.67. The molecule has 1 saturated heterocycles. The first-order chi connectivity index (χ1) is 12.7.